The fourth-order valence-electron chi connectivity index (χ4n) is 1.91. The van der Waals surface area contributed by atoms with Gasteiger partial charge in [0.2, 0.25) is 10.0 Å². The second-order valence-corrected chi connectivity index (χ2v) is 6.75. The van der Waals surface area contributed by atoms with Crippen molar-refractivity contribution in [3.63, 3.8) is 0 Å². The highest BCUT2D eigenvalue weighted by Gasteiger charge is 2.24. The highest BCUT2D eigenvalue weighted by Crippen LogP contribution is 2.17. The molecular weight excluding hydrogens is 276 g/mol. The number of ether oxygens (including phenoxy) is 1. The molecule has 1 aromatic carbocycles. The van der Waals surface area contributed by atoms with Crippen LogP contribution in [0.15, 0.2) is 29.2 Å². The molecule has 114 valence electrons. The third kappa shape index (κ3) is 4.56. The van der Waals surface area contributed by atoms with Crippen LogP contribution in [0.4, 0.5) is 0 Å². The molecule has 0 saturated heterocycles. The van der Waals surface area contributed by atoms with E-state index in [2.05, 4.69) is 10.0 Å². The molecule has 1 atom stereocenters. The molecule has 0 aliphatic heterocycles. The lowest BCUT2D eigenvalue weighted by Gasteiger charge is -2.22. The van der Waals surface area contributed by atoms with E-state index in [1.54, 1.807) is 26.3 Å². The Hall–Kier alpha value is -0.950. The molecular formula is C14H24N2O3S. The number of hydrogen-bond acceptors (Lipinski definition) is 4. The molecule has 0 bridgehead atoms. The van der Waals surface area contributed by atoms with Gasteiger partial charge in [-0.3, -0.25) is 0 Å². The van der Waals surface area contributed by atoms with Gasteiger partial charge in [-0.2, -0.15) is 0 Å². The highest BCUT2D eigenvalue weighted by atomic mass is 32.2. The summed E-state index contributed by atoms with van der Waals surface area (Å²) in [7, 11) is -0.191. The topological polar surface area (TPSA) is 67.4 Å². The number of hydrogen-bond donors (Lipinski definition) is 2. The maximum absolute atomic E-state index is 12.5. The second kappa shape index (κ2) is 7.73. The van der Waals surface area contributed by atoms with Gasteiger partial charge in [0.25, 0.3) is 0 Å². The summed E-state index contributed by atoms with van der Waals surface area (Å²) >= 11 is 0. The predicted molar refractivity (Wildman–Crippen MR) is 80.0 cm³/mol. The first-order chi connectivity index (χ1) is 9.42. The van der Waals surface area contributed by atoms with E-state index in [0.717, 1.165) is 5.56 Å². The third-order valence-corrected chi connectivity index (χ3v) is 4.68. The van der Waals surface area contributed by atoms with Crippen LogP contribution < -0.4 is 10.0 Å². The van der Waals surface area contributed by atoms with Crippen molar-refractivity contribution in [1.82, 2.24) is 10.0 Å². The van der Waals surface area contributed by atoms with Crippen molar-refractivity contribution in [2.75, 3.05) is 20.8 Å². The van der Waals surface area contributed by atoms with E-state index in [9.17, 15) is 8.42 Å². The van der Waals surface area contributed by atoms with Crippen molar-refractivity contribution in [1.29, 1.82) is 0 Å². The minimum atomic E-state index is -3.55. The Balaban J connectivity index is 3.04. The van der Waals surface area contributed by atoms with E-state index in [4.69, 9.17) is 4.74 Å². The summed E-state index contributed by atoms with van der Waals surface area (Å²) < 4.78 is 32.9. The largest absolute Gasteiger partial charge is 0.383 e. The summed E-state index contributed by atoms with van der Waals surface area (Å²) in [6.45, 7) is 4.79. The summed E-state index contributed by atoms with van der Waals surface area (Å²) in [5.74, 6) is 0.154. The van der Waals surface area contributed by atoms with Crippen molar-refractivity contribution in [3.05, 3.63) is 29.8 Å². The van der Waals surface area contributed by atoms with Crippen LogP contribution in [0.1, 0.15) is 19.4 Å². The zero-order chi connectivity index (χ0) is 15.2. The van der Waals surface area contributed by atoms with Crippen molar-refractivity contribution < 1.29 is 13.2 Å². The van der Waals surface area contributed by atoms with Gasteiger partial charge in [-0.1, -0.05) is 32.0 Å². The van der Waals surface area contributed by atoms with Crippen LogP contribution in [-0.4, -0.2) is 35.2 Å². The fraction of sp³-hybridized carbons (Fsp3) is 0.571. The molecule has 1 aromatic rings. The Bertz CT molecular complexity index is 515. The summed E-state index contributed by atoms with van der Waals surface area (Å²) in [6.07, 6.45) is 0. The van der Waals surface area contributed by atoms with Gasteiger partial charge in [-0.25, -0.2) is 13.1 Å². The zero-order valence-electron chi connectivity index (χ0n) is 12.5. The number of benzene rings is 1. The van der Waals surface area contributed by atoms with Crippen molar-refractivity contribution in [2.24, 2.45) is 5.92 Å². The summed E-state index contributed by atoms with van der Waals surface area (Å²) in [4.78, 5) is 0.316. The second-order valence-electron chi connectivity index (χ2n) is 5.07. The first-order valence-electron chi connectivity index (χ1n) is 6.66. The van der Waals surface area contributed by atoms with Crippen LogP contribution in [0.2, 0.25) is 0 Å². The van der Waals surface area contributed by atoms with Gasteiger partial charge in [0.1, 0.15) is 0 Å². The molecule has 0 aliphatic carbocycles. The first-order valence-corrected chi connectivity index (χ1v) is 8.14. The maximum atomic E-state index is 12.5. The quantitative estimate of drug-likeness (QED) is 0.760. The minimum Gasteiger partial charge on any atom is -0.383 e. The molecule has 0 heterocycles. The monoisotopic (exact) mass is 300 g/mol. The molecule has 1 rings (SSSR count). The maximum Gasteiger partial charge on any atom is 0.241 e. The van der Waals surface area contributed by atoms with E-state index < -0.39 is 10.0 Å². The number of sulfonamides is 1. The van der Waals surface area contributed by atoms with E-state index in [0.29, 0.717) is 18.0 Å². The molecule has 6 heteroatoms. The average Bonchev–Trinajstić information content (AvgIpc) is 2.39. The normalized spacial score (nSPS) is 13.7. The van der Waals surface area contributed by atoms with Crippen LogP contribution >= 0.6 is 0 Å². The summed E-state index contributed by atoms with van der Waals surface area (Å²) in [5.41, 5.74) is 0.752. The van der Waals surface area contributed by atoms with Crippen LogP contribution in [0.25, 0.3) is 0 Å². The molecule has 1 unspecified atom stereocenters. The Morgan fingerprint density at radius 3 is 2.45 bits per heavy atom. The Morgan fingerprint density at radius 2 is 1.90 bits per heavy atom. The Kier molecular flexibility index (Phi) is 6.61. The predicted octanol–water partition coefficient (Wildman–Crippen LogP) is 1.36. The van der Waals surface area contributed by atoms with Crippen LogP contribution in [0.5, 0.6) is 0 Å². The molecule has 0 aliphatic rings. The third-order valence-electron chi connectivity index (χ3n) is 3.09. The highest BCUT2D eigenvalue weighted by molar-refractivity contribution is 7.89. The van der Waals surface area contributed by atoms with Gasteiger partial charge < -0.3 is 10.1 Å². The molecule has 2 N–H and O–H groups in total. The fourth-order valence-corrected chi connectivity index (χ4v) is 3.52. The van der Waals surface area contributed by atoms with Gasteiger partial charge in [-0.15, -0.1) is 0 Å². The van der Waals surface area contributed by atoms with Crippen molar-refractivity contribution >= 4 is 10.0 Å². The Labute approximate surface area is 121 Å². The van der Waals surface area contributed by atoms with Gasteiger partial charge in [0, 0.05) is 19.7 Å². The summed E-state index contributed by atoms with van der Waals surface area (Å²) in [5, 5.41) is 2.98. The first kappa shape index (κ1) is 17.1. The number of nitrogens with one attached hydrogen (secondary N) is 2. The van der Waals surface area contributed by atoms with Gasteiger partial charge in [0.15, 0.2) is 0 Å². The lowest BCUT2D eigenvalue weighted by molar-refractivity contribution is 0.157. The molecule has 5 nitrogen and oxygen atoms in total. The van der Waals surface area contributed by atoms with Crippen LogP contribution in [-0.2, 0) is 21.3 Å². The Morgan fingerprint density at radius 1 is 1.25 bits per heavy atom. The van der Waals surface area contributed by atoms with E-state index in [1.807, 2.05) is 26.0 Å². The number of rotatable bonds is 8. The molecule has 0 fully saturated rings. The van der Waals surface area contributed by atoms with Crippen LogP contribution in [0.3, 0.4) is 0 Å². The smallest absolute Gasteiger partial charge is 0.241 e. The molecule has 20 heavy (non-hydrogen) atoms. The molecule has 0 saturated carbocycles. The lowest BCUT2D eigenvalue weighted by atomic mass is 10.1. The van der Waals surface area contributed by atoms with E-state index in [-0.39, 0.29) is 12.0 Å². The van der Waals surface area contributed by atoms with Gasteiger partial charge in [-0.05, 0) is 24.6 Å². The zero-order valence-corrected chi connectivity index (χ0v) is 13.3. The average molecular weight is 300 g/mol. The lowest BCUT2D eigenvalue weighted by Crippen LogP contribution is -2.41. The molecule has 0 spiro atoms. The van der Waals surface area contributed by atoms with E-state index >= 15 is 0 Å². The summed E-state index contributed by atoms with van der Waals surface area (Å²) in [6, 6.07) is 6.76. The molecule has 0 aromatic heterocycles. The van der Waals surface area contributed by atoms with E-state index in [1.165, 1.54) is 0 Å². The SMILES string of the molecule is CNCc1ccccc1S(=O)(=O)NC(COC)C(C)C. The standard InChI is InChI=1S/C14H24N2O3S/c1-11(2)13(10-19-4)16-20(17,18)14-8-6-5-7-12(14)9-15-3/h5-8,11,13,15-16H,9-10H2,1-4H3. The minimum absolute atomic E-state index is 0.154. The number of methoxy groups -OCH3 is 1. The van der Waals surface area contributed by atoms with Crippen molar-refractivity contribution in [3.8, 4) is 0 Å². The van der Waals surface area contributed by atoms with Crippen molar-refractivity contribution in [2.45, 2.75) is 31.3 Å². The molecule has 0 radical (unpaired) electrons. The molecule has 0 amide bonds. The van der Waals surface area contributed by atoms with Gasteiger partial charge >= 0.3 is 0 Å². The van der Waals surface area contributed by atoms with Crippen LogP contribution in [0, 0.1) is 5.92 Å². The van der Waals surface area contributed by atoms with Gasteiger partial charge in [0.05, 0.1) is 11.5 Å².